The molecular formula is C9H14BrClN2. The smallest absolute Gasteiger partial charge is 0.0306 e. The molecule has 4 heteroatoms. The van der Waals surface area contributed by atoms with Crippen molar-refractivity contribution in [2.75, 3.05) is 6.54 Å². The van der Waals surface area contributed by atoms with Crippen LogP contribution in [0.4, 0.5) is 0 Å². The fraction of sp³-hybridized carbons (Fsp3) is 0.333. The van der Waals surface area contributed by atoms with Gasteiger partial charge in [-0.25, -0.2) is 0 Å². The quantitative estimate of drug-likeness (QED) is 0.880. The summed E-state index contributed by atoms with van der Waals surface area (Å²) >= 11 is 3.37. The number of hydrogen-bond acceptors (Lipinski definition) is 2. The molecule has 0 aromatic heterocycles. The third kappa shape index (κ3) is 4.09. The average Bonchev–Trinajstić information content (AvgIpc) is 2.06. The average molecular weight is 266 g/mol. The van der Waals surface area contributed by atoms with Gasteiger partial charge in [-0.15, -0.1) is 12.4 Å². The molecule has 1 atom stereocenters. The first kappa shape index (κ1) is 12.9. The minimum Gasteiger partial charge on any atom is -0.330 e. The van der Waals surface area contributed by atoms with Crippen molar-refractivity contribution in [2.45, 2.75) is 12.5 Å². The van der Waals surface area contributed by atoms with Crippen molar-refractivity contribution in [3.63, 3.8) is 0 Å². The molecule has 0 saturated carbocycles. The van der Waals surface area contributed by atoms with Crippen molar-refractivity contribution in [1.29, 1.82) is 0 Å². The van der Waals surface area contributed by atoms with Gasteiger partial charge in [0, 0.05) is 10.5 Å². The van der Waals surface area contributed by atoms with Gasteiger partial charge in [-0.2, -0.15) is 0 Å². The first-order valence-corrected chi connectivity index (χ1v) is 4.74. The van der Waals surface area contributed by atoms with Crippen molar-refractivity contribution in [3.05, 3.63) is 34.3 Å². The van der Waals surface area contributed by atoms with Gasteiger partial charge in [0.2, 0.25) is 0 Å². The molecular weight excluding hydrogens is 251 g/mol. The number of nitrogens with two attached hydrogens (primary N) is 2. The van der Waals surface area contributed by atoms with E-state index in [9.17, 15) is 0 Å². The molecule has 4 N–H and O–H groups in total. The van der Waals surface area contributed by atoms with Gasteiger partial charge in [0.05, 0.1) is 0 Å². The Hall–Kier alpha value is -0.0900. The Kier molecular flexibility index (Phi) is 6.33. The molecule has 0 amide bonds. The molecule has 74 valence electrons. The maximum atomic E-state index is 5.86. The molecule has 0 saturated heterocycles. The van der Waals surface area contributed by atoms with Crippen molar-refractivity contribution in [3.8, 4) is 0 Å². The first-order valence-electron chi connectivity index (χ1n) is 3.95. The summed E-state index contributed by atoms with van der Waals surface area (Å²) in [5.41, 5.74) is 12.4. The third-order valence-corrected chi connectivity index (χ3v) is 2.30. The van der Waals surface area contributed by atoms with Crippen LogP contribution in [0.15, 0.2) is 28.7 Å². The fourth-order valence-corrected chi connectivity index (χ4v) is 1.32. The normalized spacial score (nSPS) is 11.9. The topological polar surface area (TPSA) is 52.0 Å². The third-order valence-electron chi connectivity index (χ3n) is 1.78. The molecule has 0 spiro atoms. The van der Waals surface area contributed by atoms with Gasteiger partial charge in [0.25, 0.3) is 0 Å². The van der Waals surface area contributed by atoms with Crippen molar-refractivity contribution >= 4 is 28.3 Å². The molecule has 13 heavy (non-hydrogen) atoms. The number of benzene rings is 1. The summed E-state index contributed by atoms with van der Waals surface area (Å²) in [4.78, 5) is 0. The summed E-state index contributed by atoms with van der Waals surface area (Å²) in [6, 6.07) is 8.09. The van der Waals surface area contributed by atoms with Crippen LogP contribution >= 0.6 is 28.3 Å². The van der Waals surface area contributed by atoms with Crippen molar-refractivity contribution < 1.29 is 0 Å². The van der Waals surface area contributed by atoms with Crippen LogP contribution in [0.2, 0.25) is 0 Å². The minimum atomic E-state index is 0. The van der Waals surface area contributed by atoms with E-state index in [0.717, 1.165) is 16.5 Å². The zero-order chi connectivity index (χ0) is 8.97. The predicted molar refractivity (Wildman–Crippen MR) is 62.0 cm³/mol. The highest BCUT2D eigenvalue weighted by atomic mass is 79.9. The standard InChI is InChI=1S/C9H13BrN2.ClH/c10-8-3-1-7(2-4-8)9(12)5-6-11;/h1-4,9H,5-6,11-12H2;1H/t9-;/m0./s1. The summed E-state index contributed by atoms with van der Waals surface area (Å²) in [6.45, 7) is 0.636. The van der Waals surface area contributed by atoms with E-state index in [1.807, 2.05) is 24.3 Å². The Morgan fingerprint density at radius 2 is 1.77 bits per heavy atom. The van der Waals surface area contributed by atoms with E-state index in [1.54, 1.807) is 0 Å². The second kappa shape index (κ2) is 6.38. The van der Waals surface area contributed by atoms with E-state index in [1.165, 1.54) is 0 Å². The monoisotopic (exact) mass is 264 g/mol. The fourth-order valence-electron chi connectivity index (χ4n) is 1.06. The Morgan fingerprint density at radius 3 is 2.23 bits per heavy atom. The Balaban J connectivity index is 0.00000144. The van der Waals surface area contributed by atoms with E-state index < -0.39 is 0 Å². The van der Waals surface area contributed by atoms with Crippen molar-refractivity contribution in [2.24, 2.45) is 11.5 Å². The first-order chi connectivity index (χ1) is 5.74. The van der Waals surface area contributed by atoms with Gasteiger partial charge in [0.1, 0.15) is 0 Å². The largest absolute Gasteiger partial charge is 0.330 e. The zero-order valence-electron chi connectivity index (χ0n) is 7.24. The number of rotatable bonds is 3. The van der Waals surface area contributed by atoms with Gasteiger partial charge in [-0.1, -0.05) is 28.1 Å². The molecule has 0 radical (unpaired) electrons. The lowest BCUT2D eigenvalue weighted by Gasteiger charge is -2.09. The van der Waals surface area contributed by atoms with Crippen molar-refractivity contribution in [1.82, 2.24) is 0 Å². The lowest BCUT2D eigenvalue weighted by Crippen LogP contribution is -2.14. The van der Waals surface area contributed by atoms with Crippen LogP contribution < -0.4 is 11.5 Å². The van der Waals surface area contributed by atoms with E-state index >= 15 is 0 Å². The predicted octanol–water partition coefficient (Wildman–Crippen LogP) is 2.22. The number of hydrogen-bond donors (Lipinski definition) is 2. The second-order valence-electron chi connectivity index (χ2n) is 2.74. The number of halogens is 2. The highest BCUT2D eigenvalue weighted by molar-refractivity contribution is 9.10. The molecule has 0 unspecified atom stereocenters. The summed E-state index contributed by atoms with van der Waals surface area (Å²) in [5, 5.41) is 0. The molecule has 2 nitrogen and oxygen atoms in total. The van der Waals surface area contributed by atoms with Crippen LogP contribution in [-0.4, -0.2) is 6.54 Å². The molecule has 0 aliphatic rings. The Bertz CT molecular complexity index is 238. The highest BCUT2D eigenvalue weighted by Crippen LogP contribution is 2.16. The Labute approximate surface area is 93.2 Å². The lowest BCUT2D eigenvalue weighted by atomic mass is 10.1. The van der Waals surface area contributed by atoms with E-state index in [4.69, 9.17) is 11.5 Å². The van der Waals surface area contributed by atoms with Gasteiger partial charge >= 0.3 is 0 Å². The summed E-state index contributed by atoms with van der Waals surface area (Å²) < 4.78 is 1.08. The van der Waals surface area contributed by atoms with Crippen LogP contribution in [0.3, 0.4) is 0 Å². The highest BCUT2D eigenvalue weighted by Gasteiger charge is 2.03. The van der Waals surface area contributed by atoms with E-state index in [2.05, 4.69) is 15.9 Å². The summed E-state index contributed by atoms with van der Waals surface area (Å²) in [5.74, 6) is 0. The molecule has 1 aromatic rings. The molecule has 0 fully saturated rings. The van der Waals surface area contributed by atoms with Gasteiger partial charge in [-0.3, -0.25) is 0 Å². The molecule has 0 aliphatic heterocycles. The zero-order valence-corrected chi connectivity index (χ0v) is 9.64. The van der Waals surface area contributed by atoms with Gasteiger partial charge in [0.15, 0.2) is 0 Å². The summed E-state index contributed by atoms with van der Waals surface area (Å²) in [7, 11) is 0. The van der Waals surface area contributed by atoms with E-state index in [0.29, 0.717) is 6.54 Å². The molecule has 0 heterocycles. The molecule has 0 aliphatic carbocycles. The molecule has 1 aromatic carbocycles. The van der Waals surface area contributed by atoms with Crippen LogP contribution in [0.1, 0.15) is 18.0 Å². The van der Waals surface area contributed by atoms with Crippen LogP contribution in [0, 0.1) is 0 Å². The lowest BCUT2D eigenvalue weighted by molar-refractivity contribution is 0.661. The Morgan fingerprint density at radius 1 is 1.23 bits per heavy atom. The van der Waals surface area contributed by atoms with Gasteiger partial charge in [-0.05, 0) is 30.7 Å². The SMILES string of the molecule is Cl.NCC[C@H](N)c1ccc(Br)cc1. The van der Waals surface area contributed by atoms with E-state index in [-0.39, 0.29) is 18.4 Å². The van der Waals surface area contributed by atoms with Crippen LogP contribution in [-0.2, 0) is 0 Å². The maximum absolute atomic E-state index is 5.86. The van der Waals surface area contributed by atoms with Gasteiger partial charge < -0.3 is 11.5 Å². The maximum Gasteiger partial charge on any atom is 0.0306 e. The second-order valence-corrected chi connectivity index (χ2v) is 3.65. The molecule has 1 rings (SSSR count). The van der Waals surface area contributed by atoms with Crippen LogP contribution in [0.25, 0.3) is 0 Å². The summed E-state index contributed by atoms with van der Waals surface area (Å²) in [6.07, 6.45) is 0.835. The van der Waals surface area contributed by atoms with Crippen LogP contribution in [0.5, 0.6) is 0 Å². The minimum absolute atomic E-state index is 0. The molecule has 0 bridgehead atoms.